The Morgan fingerprint density at radius 1 is 1.29 bits per heavy atom. The van der Waals surface area contributed by atoms with Crippen LogP contribution in [0.2, 0.25) is 0 Å². The molecule has 1 aromatic rings. The van der Waals surface area contributed by atoms with E-state index in [1.165, 1.54) is 12.1 Å². The zero-order valence-electron chi connectivity index (χ0n) is 15.1. The first-order valence-electron chi connectivity index (χ1n) is 8.45. The Labute approximate surface area is 144 Å². The van der Waals surface area contributed by atoms with Crippen LogP contribution in [0.5, 0.6) is 0 Å². The van der Waals surface area contributed by atoms with Crippen LogP contribution >= 0.6 is 0 Å². The van der Waals surface area contributed by atoms with Gasteiger partial charge in [-0.05, 0) is 49.9 Å². The summed E-state index contributed by atoms with van der Waals surface area (Å²) in [6, 6.07) is 5.03. The van der Waals surface area contributed by atoms with Gasteiger partial charge >= 0.3 is 0 Å². The van der Waals surface area contributed by atoms with Gasteiger partial charge in [0.15, 0.2) is 5.96 Å². The summed E-state index contributed by atoms with van der Waals surface area (Å²) >= 11 is 0. The highest BCUT2D eigenvalue weighted by Crippen LogP contribution is 2.10. The van der Waals surface area contributed by atoms with Gasteiger partial charge in [0, 0.05) is 32.6 Å². The molecule has 1 amide bonds. The number of hydrogen-bond acceptors (Lipinski definition) is 2. The second kappa shape index (κ2) is 10.6. The van der Waals surface area contributed by atoms with Gasteiger partial charge in [0.2, 0.25) is 5.91 Å². The summed E-state index contributed by atoms with van der Waals surface area (Å²) in [5, 5.41) is 9.25. The topological polar surface area (TPSA) is 65.5 Å². The molecule has 0 bridgehead atoms. The minimum atomic E-state index is -0.211. The molecule has 1 atom stereocenters. The Kier molecular flexibility index (Phi) is 8.83. The van der Waals surface area contributed by atoms with Gasteiger partial charge in [-0.3, -0.25) is 9.79 Å². The minimum Gasteiger partial charge on any atom is -0.356 e. The van der Waals surface area contributed by atoms with Gasteiger partial charge in [-0.1, -0.05) is 13.0 Å². The second-order valence-corrected chi connectivity index (χ2v) is 5.87. The first-order chi connectivity index (χ1) is 11.5. The number of carbonyl (C=O) groups is 1. The molecule has 0 heterocycles. The molecular weight excluding hydrogens is 307 g/mol. The molecular formula is C18H29FN4O. The summed E-state index contributed by atoms with van der Waals surface area (Å²) in [5.74, 6) is 0.484. The van der Waals surface area contributed by atoms with Crippen molar-refractivity contribution in [3.05, 3.63) is 35.1 Å². The number of hydrogen-bond donors (Lipinski definition) is 3. The molecule has 0 aliphatic rings. The van der Waals surface area contributed by atoms with Crippen LogP contribution in [0.3, 0.4) is 0 Å². The van der Waals surface area contributed by atoms with E-state index in [4.69, 9.17) is 0 Å². The third-order valence-electron chi connectivity index (χ3n) is 3.88. The lowest BCUT2D eigenvalue weighted by Gasteiger charge is -2.14. The molecule has 1 unspecified atom stereocenters. The molecule has 24 heavy (non-hydrogen) atoms. The number of halogens is 1. The van der Waals surface area contributed by atoms with Crippen molar-refractivity contribution in [2.24, 2.45) is 4.99 Å². The van der Waals surface area contributed by atoms with Crippen molar-refractivity contribution in [1.29, 1.82) is 0 Å². The van der Waals surface area contributed by atoms with Crippen LogP contribution in [0.4, 0.5) is 4.39 Å². The summed E-state index contributed by atoms with van der Waals surface area (Å²) in [7, 11) is 1.69. The van der Waals surface area contributed by atoms with Crippen LogP contribution in [-0.2, 0) is 11.2 Å². The van der Waals surface area contributed by atoms with E-state index >= 15 is 0 Å². The number of benzene rings is 1. The molecule has 1 rings (SSSR count). The number of amides is 1. The van der Waals surface area contributed by atoms with Crippen LogP contribution in [-0.4, -0.2) is 38.0 Å². The van der Waals surface area contributed by atoms with E-state index in [0.717, 1.165) is 24.0 Å². The molecule has 0 fully saturated rings. The molecule has 0 aliphatic carbocycles. The minimum absolute atomic E-state index is 0.0363. The molecule has 0 aliphatic heterocycles. The first kappa shape index (κ1) is 19.9. The Morgan fingerprint density at radius 2 is 2.00 bits per heavy atom. The van der Waals surface area contributed by atoms with Crippen LogP contribution in [0.25, 0.3) is 0 Å². The maximum Gasteiger partial charge on any atom is 0.221 e. The van der Waals surface area contributed by atoms with E-state index in [-0.39, 0.29) is 17.8 Å². The zero-order chi connectivity index (χ0) is 17.9. The number of aliphatic imine (C=N–C) groups is 1. The van der Waals surface area contributed by atoms with Gasteiger partial charge in [0.25, 0.3) is 0 Å². The highest BCUT2D eigenvalue weighted by Gasteiger charge is 2.06. The number of aryl methyl sites for hydroxylation is 1. The summed E-state index contributed by atoms with van der Waals surface area (Å²) in [5.41, 5.74) is 2.05. The molecule has 0 spiro atoms. The fraction of sp³-hybridized carbons (Fsp3) is 0.556. The normalized spacial score (nSPS) is 12.6. The standard InChI is InChI=1S/C18H29FN4O/c1-5-14(3)23-17(24)9-11-22-18(20-4)21-10-8-15-6-7-16(19)12-13(15)2/h6-7,12,14H,5,8-11H2,1-4H3,(H,23,24)(H2,20,21,22). The van der Waals surface area contributed by atoms with Crippen LogP contribution in [0, 0.1) is 12.7 Å². The van der Waals surface area contributed by atoms with Crippen molar-refractivity contribution in [3.8, 4) is 0 Å². The average molecular weight is 336 g/mol. The Balaban J connectivity index is 2.29. The van der Waals surface area contributed by atoms with E-state index < -0.39 is 0 Å². The maximum absolute atomic E-state index is 13.1. The molecule has 0 saturated carbocycles. The third kappa shape index (κ3) is 7.44. The predicted octanol–water partition coefficient (Wildman–Crippen LogP) is 2.15. The molecule has 5 nitrogen and oxygen atoms in total. The van der Waals surface area contributed by atoms with Crippen molar-refractivity contribution in [3.63, 3.8) is 0 Å². The lowest BCUT2D eigenvalue weighted by atomic mass is 10.1. The second-order valence-electron chi connectivity index (χ2n) is 5.87. The van der Waals surface area contributed by atoms with Crippen molar-refractivity contribution in [1.82, 2.24) is 16.0 Å². The smallest absolute Gasteiger partial charge is 0.221 e. The van der Waals surface area contributed by atoms with Gasteiger partial charge in [-0.2, -0.15) is 0 Å². The number of nitrogens with zero attached hydrogens (tertiary/aromatic N) is 1. The van der Waals surface area contributed by atoms with E-state index in [2.05, 4.69) is 20.9 Å². The maximum atomic E-state index is 13.1. The summed E-state index contributed by atoms with van der Waals surface area (Å²) in [4.78, 5) is 15.8. The molecule has 0 saturated heterocycles. The lowest BCUT2D eigenvalue weighted by Crippen LogP contribution is -2.41. The third-order valence-corrected chi connectivity index (χ3v) is 3.88. The fourth-order valence-corrected chi connectivity index (χ4v) is 2.22. The quantitative estimate of drug-likeness (QED) is 0.503. The molecule has 0 aromatic heterocycles. The Bertz CT molecular complexity index is 560. The first-order valence-corrected chi connectivity index (χ1v) is 8.45. The van der Waals surface area contributed by atoms with E-state index in [1.54, 1.807) is 7.05 Å². The average Bonchev–Trinajstić information content (AvgIpc) is 2.55. The monoisotopic (exact) mass is 336 g/mol. The SMILES string of the molecule is CCC(C)NC(=O)CCNC(=NC)NCCc1ccc(F)cc1C. The van der Waals surface area contributed by atoms with E-state index in [0.29, 0.717) is 25.5 Å². The highest BCUT2D eigenvalue weighted by molar-refractivity contribution is 5.81. The van der Waals surface area contributed by atoms with Crippen LogP contribution in [0.1, 0.15) is 37.8 Å². The van der Waals surface area contributed by atoms with Crippen molar-refractivity contribution in [2.45, 2.75) is 46.1 Å². The molecule has 0 radical (unpaired) electrons. The fourth-order valence-electron chi connectivity index (χ4n) is 2.22. The Morgan fingerprint density at radius 3 is 2.62 bits per heavy atom. The largest absolute Gasteiger partial charge is 0.356 e. The van der Waals surface area contributed by atoms with Gasteiger partial charge in [0.05, 0.1) is 0 Å². The molecule has 3 N–H and O–H groups in total. The number of rotatable bonds is 8. The van der Waals surface area contributed by atoms with Crippen LogP contribution < -0.4 is 16.0 Å². The highest BCUT2D eigenvalue weighted by atomic mass is 19.1. The van der Waals surface area contributed by atoms with Gasteiger partial charge < -0.3 is 16.0 Å². The van der Waals surface area contributed by atoms with Crippen molar-refractivity contribution < 1.29 is 9.18 Å². The number of guanidine groups is 1. The van der Waals surface area contributed by atoms with E-state index in [9.17, 15) is 9.18 Å². The molecule has 134 valence electrons. The van der Waals surface area contributed by atoms with E-state index in [1.807, 2.05) is 26.8 Å². The zero-order valence-corrected chi connectivity index (χ0v) is 15.1. The lowest BCUT2D eigenvalue weighted by molar-refractivity contribution is -0.121. The summed E-state index contributed by atoms with van der Waals surface area (Å²) in [6.45, 7) is 7.14. The molecule has 6 heteroatoms. The summed E-state index contributed by atoms with van der Waals surface area (Å²) < 4.78 is 13.1. The van der Waals surface area contributed by atoms with Gasteiger partial charge in [0.1, 0.15) is 5.82 Å². The van der Waals surface area contributed by atoms with Gasteiger partial charge in [-0.15, -0.1) is 0 Å². The van der Waals surface area contributed by atoms with Crippen LogP contribution in [0.15, 0.2) is 23.2 Å². The predicted molar refractivity (Wildman–Crippen MR) is 96.7 cm³/mol. The van der Waals surface area contributed by atoms with Gasteiger partial charge in [-0.25, -0.2) is 4.39 Å². The summed E-state index contributed by atoms with van der Waals surface area (Å²) in [6.07, 6.45) is 2.11. The van der Waals surface area contributed by atoms with Crippen molar-refractivity contribution in [2.75, 3.05) is 20.1 Å². The number of nitrogens with one attached hydrogen (secondary N) is 3. The number of carbonyl (C=O) groups excluding carboxylic acids is 1. The Hall–Kier alpha value is -2.11. The molecule has 1 aromatic carbocycles. The van der Waals surface area contributed by atoms with Crippen molar-refractivity contribution >= 4 is 11.9 Å².